The summed E-state index contributed by atoms with van der Waals surface area (Å²) in [6.45, 7) is 4.61. The highest BCUT2D eigenvalue weighted by atomic mass is 32.2. The lowest BCUT2D eigenvalue weighted by atomic mass is 9.91. The van der Waals surface area contributed by atoms with Crippen LogP contribution < -0.4 is 0 Å². The van der Waals surface area contributed by atoms with Gasteiger partial charge >= 0.3 is 0 Å². The zero-order chi connectivity index (χ0) is 18.0. The molecule has 1 atom stereocenters. The number of hydrogen-bond acceptors (Lipinski definition) is 5. The number of benzene rings is 1. The topological polar surface area (TPSA) is 83.6 Å². The first-order valence-corrected chi connectivity index (χ1v) is 10.1. The minimum atomic E-state index is -3.89. The van der Waals surface area contributed by atoms with E-state index in [-0.39, 0.29) is 23.4 Å². The molecule has 2 aromatic rings. The Morgan fingerprint density at radius 3 is 2.80 bits per heavy atom. The molecule has 0 bridgehead atoms. The maximum Gasteiger partial charge on any atom is 0.264 e. The highest BCUT2D eigenvalue weighted by Crippen LogP contribution is 2.33. The Hall–Kier alpha value is -1.51. The molecule has 0 spiro atoms. The van der Waals surface area contributed by atoms with Crippen LogP contribution in [0.1, 0.15) is 37.8 Å². The summed E-state index contributed by atoms with van der Waals surface area (Å²) in [4.78, 5) is 2.31. The SMILES string of the molecule is CC(CCS(=O)(=O)O)CN1CCC(c2noc3cc(F)ccc23)CC1. The quantitative estimate of drug-likeness (QED) is 0.787. The third kappa shape index (κ3) is 4.77. The molecule has 0 radical (unpaired) electrons. The van der Waals surface area contributed by atoms with Crippen molar-refractivity contribution in [3.8, 4) is 0 Å². The van der Waals surface area contributed by atoms with E-state index in [1.54, 1.807) is 6.07 Å². The zero-order valence-electron chi connectivity index (χ0n) is 14.2. The van der Waals surface area contributed by atoms with Gasteiger partial charge in [-0.1, -0.05) is 12.1 Å². The molecule has 1 aromatic carbocycles. The maximum absolute atomic E-state index is 13.2. The van der Waals surface area contributed by atoms with Gasteiger partial charge in [-0.25, -0.2) is 4.39 Å². The normalized spacial score (nSPS) is 18.7. The van der Waals surface area contributed by atoms with Crippen molar-refractivity contribution < 1.29 is 21.9 Å². The second-order valence-corrected chi connectivity index (χ2v) is 8.54. The van der Waals surface area contributed by atoms with Crippen LogP contribution in [0.5, 0.6) is 0 Å². The Morgan fingerprint density at radius 1 is 1.40 bits per heavy atom. The minimum absolute atomic E-state index is 0.188. The van der Waals surface area contributed by atoms with E-state index >= 15 is 0 Å². The molecular weight excluding hydrogens is 347 g/mol. The van der Waals surface area contributed by atoms with Gasteiger partial charge in [-0.2, -0.15) is 8.42 Å². The van der Waals surface area contributed by atoms with Gasteiger partial charge in [-0.3, -0.25) is 4.55 Å². The molecule has 6 nitrogen and oxygen atoms in total. The number of piperidine rings is 1. The van der Waals surface area contributed by atoms with Crippen molar-refractivity contribution in [3.63, 3.8) is 0 Å². The number of likely N-dealkylation sites (tertiary alicyclic amines) is 1. The summed E-state index contributed by atoms with van der Waals surface area (Å²) in [7, 11) is -3.89. The first-order valence-electron chi connectivity index (χ1n) is 8.54. The summed E-state index contributed by atoms with van der Waals surface area (Å²) >= 11 is 0. The average Bonchev–Trinajstić information content (AvgIpc) is 2.96. The number of hydrogen-bond donors (Lipinski definition) is 1. The van der Waals surface area contributed by atoms with Crippen molar-refractivity contribution in [1.29, 1.82) is 0 Å². The molecule has 138 valence electrons. The van der Waals surface area contributed by atoms with E-state index in [0.29, 0.717) is 12.0 Å². The number of rotatable bonds is 6. The van der Waals surface area contributed by atoms with Crippen LogP contribution in [0, 0.1) is 11.7 Å². The Kier molecular flexibility index (Phi) is 5.41. The Labute approximate surface area is 146 Å². The van der Waals surface area contributed by atoms with Gasteiger partial charge in [-0.15, -0.1) is 0 Å². The van der Waals surface area contributed by atoms with Crippen LogP contribution in [0.15, 0.2) is 22.7 Å². The second-order valence-electron chi connectivity index (χ2n) is 6.96. The molecule has 1 aliphatic heterocycles. The summed E-state index contributed by atoms with van der Waals surface area (Å²) < 4.78 is 49.0. The summed E-state index contributed by atoms with van der Waals surface area (Å²) in [5.41, 5.74) is 1.38. The van der Waals surface area contributed by atoms with Crippen LogP contribution in [-0.4, -0.2) is 48.4 Å². The molecular formula is C17H23FN2O4S. The molecule has 2 heterocycles. The van der Waals surface area contributed by atoms with Gasteiger partial charge in [-0.05, 0) is 50.4 Å². The number of nitrogens with zero attached hydrogens (tertiary/aromatic N) is 2. The van der Waals surface area contributed by atoms with E-state index in [2.05, 4.69) is 10.1 Å². The van der Waals surface area contributed by atoms with Crippen LogP contribution in [0.25, 0.3) is 11.0 Å². The van der Waals surface area contributed by atoms with Gasteiger partial charge in [0, 0.05) is 23.9 Å². The molecule has 8 heteroatoms. The molecule has 3 rings (SSSR count). The molecule has 0 amide bonds. The summed E-state index contributed by atoms with van der Waals surface area (Å²) in [5.74, 6) is -0.0270. The van der Waals surface area contributed by atoms with Crippen molar-refractivity contribution in [1.82, 2.24) is 10.1 Å². The number of halogens is 1. The molecule has 1 aromatic heterocycles. The van der Waals surface area contributed by atoms with E-state index in [9.17, 15) is 12.8 Å². The van der Waals surface area contributed by atoms with Crippen molar-refractivity contribution in [2.45, 2.75) is 32.1 Å². The summed E-state index contributed by atoms with van der Waals surface area (Å²) in [6.07, 6.45) is 2.33. The van der Waals surface area contributed by atoms with Gasteiger partial charge in [0.15, 0.2) is 5.58 Å². The molecule has 25 heavy (non-hydrogen) atoms. The lowest BCUT2D eigenvalue weighted by molar-refractivity contribution is 0.183. The van der Waals surface area contributed by atoms with Crippen molar-refractivity contribution in [3.05, 3.63) is 29.7 Å². The standard InChI is InChI=1S/C17H23FN2O4S/c1-12(6-9-25(21,22)23)11-20-7-4-13(5-8-20)17-15-3-2-14(18)10-16(15)24-19-17/h2-3,10,12-13H,4-9,11H2,1H3,(H,21,22,23). The predicted octanol–water partition coefficient (Wildman–Crippen LogP) is 3.06. The summed E-state index contributed by atoms with van der Waals surface area (Å²) in [5, 5.41) is 5.02. The first-order chi connectivity index (χ1) is 11.8. The third-order valence-corrected chi connectivity index (χ3v) is 5.63. The lowest BCUT2D eigenvalue weighted by Gasteiger charge is -2.32. The van der Waals surface area contributed by atoms with Crippen LogP contribution in [0.4, 0.5) is 4.39 Å². The van der Waals surface area contributed by atoms with E-state index < -0.39 is 10.1 Å². The first kappa shape index (κ1) is 18.3. The lowest BCUT2D eigenvalue weighted by Crippen LogP contribution is -2.36. The average molecular weight is 370 g/mol. The van der Waals surface area contributed by atoms with Crippen molar-refractivity contribution >= 4 is 21.1 Å². The van der Waals surface area contributed by atoms with Crippen LogP contribution in [-0.2, 0) is 10.1 Å². The zero-order valence-corrected chi connectivity index (χ0v) is 15.0. The maximum atomic E-state index is 13.2. The second kappa shape index (κ2) is 7.39. The number of fused-ring (bicyclic) bond motifs is 1. The highest BCUT2D eigenvalue weighted by Gasteiger charge is 2.26. The molecule has 1 fully saturated rings. The van der Waals surface area contributed by atoms with Crippen LogP contribution in [0.3, 0.4) is 0 Å². The summed E-state index contributed by atoms with van der Waals surface area (Å²) in [6, 6.07) is 4.51. The Bertz CT molecular complexity index is 828. The molecule has 1 saturated heterocycles. The van der Waals surface area contributed by atoms with Crippen LogP contribution >= 0.6 is 0 Å². The van der Waals surface area contributed by atoms with E-state index in [1.165, 1.54) is 12.1 Å². The highest BCUT2D eigenvalue weighted by molar-refractivity contribution is 7.85. The Morgan fingerprint density at radius 2 is 2.12 bits per heavy atom. The predicted molar refractivity (Wildman–Crippen MR) is 92.6 cm³/mol. The fourth-order valence-electron chi connectivity index (χ4n) is 3.50. The van der Waals surface area contributed by atoms with Gasteiger partial charge in [0.1, 0.15) is 5.82 Å². The minimum Gasteiger partial charge on any atom is -0.356 e. The van der Waals surface area contributed by atoms with Gasteiger partial charge in [0.2, 0.25) is 0 Å². The fraction of sp³-hybridized carbons (Fsp3) is 0.588. The van der Waals surface area contributed by atoms with Crippen molar-refractivity contribution in [2.75, 3.05) is 25.4 Å². The van der Waals surface area contributed by atoms with E-state index in [4.69, 9.17) is 9.08 Å². The van der Waals surface area contributed by atoms with Gasteiger partial charge < -0.3 is 9.42 Å². The van der Waals surface area contributed by atoms with Crippen LogP contribution in [0.2, 0.25) is 0 Å². The van der Waals surface area contributed by atoms with Gasteiger partial charge in [0.05, 0.1) is 11.4 Å². The van der Waals surface area contributed by atoms with Gasteiger partial charge in [0.25, 0.3) is 10.1 Å². The van der Waals surface area contributed by atoms with E-state index in [0.717, 1.165) is 43.6 Å². The fourth-order valence-corrected chi connectivity index (χ4v) is 4.20. The molecule has 0 saturated carbocycles. The Balaban J connectivity index is 1.54. The molecule has 1 unspecified atom stereocenters. The third-order valence-electron chi connectivity index (χ3n) is 4.87. The molecule has 0 aliphatic carbocycles. The molecule has 1 N–H and O–H groups in total. The number of aromatic nitrogens is 1. The molecule has 1 aliphatic rings. The monoisotopic (exact) mass is 370 g/mol. The smallest absolute Gasteiger partial charge is 0.264 e. The van der Waals surface area contributed by atoms with E-state index in [1.807, 2.05) is 6.92 Å². The largest absolute Gasteiger partial charge is 0.356 e. The van der Waals surface area contributed by atoms with Crippen molar-refractivity contribution in [2.24, 2.45) is 5.92 Å².